The third kappa shape index (κ3) is 3.57. The van der Waals surface area contributed by atoms with E-state index in [-0.39, 0.29) is 5.56 Å². The molecule has 6 rings (SSSR count). The van der Waals surface area contributed by atoms with Crippen molar-refractivity contribution in [2.45, 2.75) is 65.1 Å². The van der Waals surface area contributed by atoms with Crippen LogP contribution in [0.4, 0.5) is 5.69 Å². The standard InChI is InChI=1S/C29H32N3O2S/c1-4-30-22-12-9-10-20(22)21-16-19(14-15-23(21)30)17-26-29(33)32(6-3)28(35-26)18-27-31(5-2)24-11-7-8-13-25(24)34-27/h7-8,11,13-18,20,22H,4-6,9-10,12H2,1-3H3/q+1/b26-17+. The van der Waals surface area contributed by atoms with Gasteiger partial charge in [-0.05, 0) is 69.0 Å². The Labute approximate surface area is 209 Å². The number of oxazole rings is 1. The quantitative estimate of drug-likeness (QED) is 0.399. The molecule has 180 valence electrons. The normalized spacial score (nSPS) is 20.3. The summed E-state index contributed by atoms with van der Waals surface area (Å²) in [6, 6.07) is 15.5. The van der Waals surface area contributed by atoms with E-state index < -0.39 is 0 Å². The first-order valence-electron chi connectivity index (χ1n) is 12.9. The van der Waals surface area contributed by atoms with Crippen LogP contribution in [-0.2, 0) is 13.1 Å². The summed E-state index contributed by atoms with van der Waals surface area (Å²) in [6.45, 7) is 8.88. The van der Waals surface area contributed by atoms with Crippen LogP contribution in [0, 0.1) is 0 Å². The van der Waals surface area contributed by atoms with E-state index in [2.05, 4.69) is 53.7 Å². The van der Waals surface area contributed by atoms with Gasteiger partial charge in [-0.1, -0.05) is 24.6 Å². The smallest absolute Gasteiger partial charge is 0.377 e. The zero-order valence-electron chi connectivity index (χ0n) is 20.7. The first kappa shape index (κ1) is 22.4. The van der Waals surface area contributed by atoms with Crippen molar-refractivity contribution in [1.82, 2.24) is 4.57 Å². The molecule has 6 heteroatoms. The van der Waals surface area contributed by atoms with E-state index in [0.717, 1.165) is 44.8 Å². The number of anilines is 1. The van der Waals surface area contributed by atoms with Crippen molar-refractivity contribution in [2.24, 2.45) is 0 Å². The average molecular weight is 487 g/mol. The van der Waals surface area contributed by atoms with Gasteiger partial charge in [0.25, 0.3) is 11.1 Å². The minimum absolute atomic E-state index is 0.0670. The summed E-state index contributed by atoms with van der Waals surface area (Å²) < 4.78 is 11.8. The SMILES string of the molecule is CCN1c2ccc(/C=c3/s/c(=C\c4oc5ccccc5[n+]4CC)n(CC)c3=O)cc2C2CCCC21. The number of likely N-dealkylation sites (N-methyl/N-ethyl adjacent to an activating group) is 1. The summed E-state index contributed by atoms with van der Waals surface area (Å²) in [5, 5.41) is 0. The molecule has 3 heterocycles. The van der Waals surface area contributed by atoms with Crippen LogP contribution in [0.1, 0.15) is 63.0 Å². The van der Waals surface area contributed by atoms with Gasteiger partial charge in [0.2, 0.25) is 5.58 Å². The van der Waals surface area contributed by atoms with E-state index in [1.54, 1.807) is 11.3 Å². The lowest BCUT2D eigenvalue weighted by molar-refractivity contribution is -0.674. The molecular formula is C29H32N3O2S+. The molecule has 2 aliphatic rings. The molecule has 1 fully saturated rings. The average Bonchev–Trinajstić information content (AvgIpc) is 3.61. The minimum atomic E-state index is 0.0670. The molecule has 1 saturated carbocycles. The van der Waals surface area contributed by atoms with Crippen LogP contribution in [0.5, 0.6) is 0 Å². The Kier molecular flexibility index (Phi) is 5.64. The molecule has 0 radical (unpaired) electrons. The van der Waals surface area contributed by atoms with Crippen LogP contribution in [0.25, 0.3) is 23.3 Å². The fourth-order valence-electron chi connectivity index (χ4n) is 6.17. The zero-order chi connectivity index (χ0) is 24.1. The van der Waals surface area contributed by atoms with Crippen molar-refractivity contribution >= 4 is 40.3 Å². The number of hydrogen-bond donors (Lipinski definition) is 0. The topological polar surface area (TPSA) is 42.3 Å². The molecular weight excluding hydrogens is 454 g/mol. The fourth-order valence-corrected chi connectivity index (χ4v) is 7.27. The molecule has 4 aromatic rings. The Bertz CT molecular complexity index is 1590. The van der Waals surface area contributed by atoms with Crippen LogP contribution in [0.3, 0.4) is 0 Å². The van der Waals surface area contributed by atoms with Gasteiger partial charge >= 0.3 is 5.89 Å². The highest BCUT2D eigenvalue weighted by Crippen LogP contribution is 2.49. The maximum absolute atomic E-state index is 13.3. The van der Waals surface area contributed by atoms with Gasteiger partial charge < -0.3 is 9.32 Å². The Balaban J connectivity index is 1.46. The van der Waals surface area contributed by atoms with Crippen LogP contribution in [0.2, 0.25) is 0 Å². The second kappa shape index (κ2) is 8.83. The first-order valence-corrected chi connectivity index (χ1v) is 13.7. The lowest BCUT2D eigenvalue weighted by Gasteiger charge is -2.25. The van der Waals surface area contributed by atoms with Gasteiger partial charge in [0.1, 0.15) is 11.2 Å². The van der Waals surface area contributed by atoms with Crippen molar-refractivity contribution < 1.29 is 8.98 Å². The molecule has 35 heavy (non-hydrogen) atoms. The third-order valence-corrected chi connectivity index (χ3v) is 8.79. The van der Waals surface area contributed by atoms with Crippen molar-refractivity contribution in [2.75, 3.05) is 11.4 Å². The molecule has 1 aliphatic heterocycles. The Hall–Kier alpha value is -3.12. The van der Waals surface area contributed by atoms with Gasteiger partial charge in [0.15, 0.2) is 0 Å². The predicted octanol–water partition coefficient (Wildman–Crippen LogP) is 4.12. The maximum atomic E-state index is 13.3. The van der Waals surface area contributed by atoms with Gasteiger partial charge in [-0.25, -0.2) is 0 Å². The van der Waals surface area contributed by atoms with Crippen LogP contribution >= 0.6 is 11.3 Å². The number of nitrogens with zero attached hydrogens (tertiary/aromatic N) is 3. The van der Waals surface area contributed by atoms with E-state index >= 15 is 0 Å². The Morgan fingerprint density at radius 3 is 2.74 bits per heavy atom. The minimum Gasteiger partial charge on any atom is -0.398 e. The van der Waals surface area contributed by atoms with E-state index in [1.165, 1.54) is 30.5 Å². The molecule has 2 aromatic heterocycles. The van der Waals surface area contributed by atoms with E-state index in [4.69, 9.17) is 4.42 Å². The Morgan fingerprint density at radius 1 is 1.09 bits per heavy atom. The van der Waals surface area contributed by atoms with E-state index in [9.17, 15) is 4.79 Å². The number of benzene rings is 2. The summed E-state index contributed by atoms with van der Waals surface area (Å²) >= 11 is 1.54. The molecule has 0 spiro atoms. The van der Waals surface area contributed by atoms with Crippen molar-refractivity contribution in [1.29, 1.82) is 0 Å². The highest BCUT2D eigenvalue weighted by Gasteiger charge is 2.40. The molecule has 5 nitrogen and oxygen atoms in total. The predicted molar refractivity (Wildman–Crippen MR) is 143 cm³/mol. The molecule has 0 N–H and O–H groups in total. The number of fused-ring (bicyclic) bond motifs is 4. The summed E-state index contributed by atoms with van der Waals surface area (Å²) in [5.41, 5.74) is 5.97. The number of aromatic nitrogens is 2. The number of para-hydroxylation sites is 2. The van der Waals surface area contributed by atoms with Crippen LogP contribution in [0.15, 0.2) is 51.7 Å². The fraction of sp³-hybridized carbons (Fsp3) is 0.379. The number of hydrogen-bond acceptors (Lipinski definition) is 4. The van der Waals surface area contributed by atoms with Gasteiger partial charge in [-0.15, -0.1) is 11.3 Å². The third-order valence-electron chi connectivity index (χ3n) is 7.73. The highest BCUT2D eigenvalue weighted by atomic mass is 32.1. The summed E-state index contributed by atoms with van der Waals surface area (Å²) in [6.07, 6.45) is 7.96. The van der Waals surface area contributed by atoms with Crippen molar-refractivity contribution in [3.63, 3.8) is 0 Å². The van der Waals surface area contributed by atoms with E-state index in [1.807, 2.05) is 35.8 Å². The molecule has 0 bridgehead atoms. The number of thiazole rings is 1. The molecule has 1 aliphatic carbocycles. The zero-order valence-corrected chi connectivity index (χ0v) is 21.5. The van der Waals surface area contributed by atoms with Crippen molar-refractivity contribution in [3.05, 3.63) is 79.0 Å². The monoisotopic (exact) mass is 486 g/mol. The van der Waals surface area contributed by atoms with Crippen LogP contribution < -0.4 is 24.2 Å². The second-order valence-corrected chi connectivity index (χ2v) is 10.6. The highest BCUT2D eigenvalue weighted by molar-refractivity contribution is 7.07. The number of rotatable bonds is 5. The maximum Gasteiger partial charge on any atom is 0.377 e. The van der Waals surface area contributed by atoms with Gasteiger partial charge in [0, 0.05) is 36.8 Å². The van der Waals surface area contributed by atoms with Gasteiger partial charge in [-0.2, -0.15) is 4.57 Å². The first-order chi connectivity index (χ1) is 17.1. The van der Waals surface area contributed by atoms with Crippen LogP contribution in [-0.4, -0.2) is 17.2 Å². The largest absolute Gasteiger partial charge is 0.398 e. The number of aryl methyl sites for hydroxylation is 1. The lowest BCUT2D eigenvalue weighted by atomic mass is 9.96. The summed E-state index contributed by atoms with van der Waals surface area (Å²) in [7, 11) is 0. The molecule has 0 saturated heterocycles. The summed E-state index contributed by atoms with van der Waals surface area (Å²) in [5.74, 6) is 1.41. The Morgan fingerprint density at radius 2 is 1.94 bits per heavy atom. The lowest BCUT2D eigenvalue weighted by Crippen LogP contribution is -2.35. The molecule has 2 unspecified atom stereocenters. The molecule has 2 atom stereocenters. The van der Waals surface area contributed by atoms with Gasteiger partial charge in [-0.3, -0.25) is 9.36 Å². The van der Waals surface area contributed by atoms with Gasteiger partial charge in [0.05, 0.1) is 10.6 Å². The summed E-state index contributed by atoms with van der Waals surface area (Å²) in [4.78, 5) is 15.9. The second-order valence-electron chi connectivity index (χ2n) is 9.50. The van der Waals surface area contributed by atoms with E-state index in [0.29, 0.717) is 18.5 Å². The molecule has 2 aromatic carbocycles. The van der Waals surface area contributed by atoms with Crippen molar-refractivity contribution in [3.8, 4) is 0 Å². The molecule has 0 amide bonds.